The third-order valence-corrected chi connectivity index (χ3v) is 4.55. The Morgan fingerprint density at radius 2 is 1.96 bits per heavy atom. The highest BCUT2D eigenvalue weighted by molar-refractivity contribution is 5.84. The lowest BCUT2D eigenvalue weighted by atomic mass is 9.93. The predicted molar refractivity (Wildman–Crippen MR) is 93.4 cm³/mol. The Kier molecular flexibility index (Phi) is 4.80. The van der Waals surface area contributed by atoms with Crippen LogP contribution in [0.2, 0.25) is 0 Å². The first-order chi connectivity index (χ1) is 12.3. The van der Waals surface area contributed by atoms with Gasteiger partial charge in [-0.3, -0.25) is 4.79 Å². The molecule has 1 atom stereocenters. The Morgan fingerprint density at radius 1 is 1.27 bits per heavy atom. The van der Waals surface area contributed by atoms with Gasteiger partial charge >= 0.3 is 5.97 Å². The van der Waals surface area contributed by atoms with E-state index >= 15 is 0 Å². The summed E-state index contributed by atoms with van der Waals surface area (Å²) in [5.74, 6) is -0.217. The zero-order valence-corrected chi connectivity index (χ0v) is 15.2. The molecular weight excluding hydrogens is 334 g/mol. The van der Waals surface area contributed by atoms with Crippen LogP contribution in [0.5, 0.6) is 0 Å². The zero-order chi connectivity index (χ0) is 18.9. The van der Waals surface area contributed by atoms with Crippen LogP contribution in [0.4, 0.5) is 0 Å². The van der Waals surface area contributed by atoms with Crippen molar-refractivity contribution in [2.45, 2.75) is 58.0 Å². The highest BCUT2D eigenvalue weighted by Crippen LogP contribution is 2.25. The van der Waals surface area contributed by atoms with Crippen molar-refractivity contribution in [3.05, 3.63) is 47.1 Å². The summed E-state index contributed by atoms with van der Waals surface area (Å²) >= 11 is 0. The van der Waals surface area contributed by atoms with Gasteiger partial charge in [0.05, 0.1) is 0 Å². The Labute approximate surface area is 152 Å². The standard InChI is InChI=1S/C19H23N3O4/c1-19(2,3)18-20-15(26-21-18)8-9-16(23)22-11-13-7-5-4-6-12(13)10-14(22)17(24)25/h4-7,14H,8-11H2,1-3H3,(H,24,25). The average Bonchev–Trinajstić information content (AvgIpc) is 3.08. The third kappa shape index (κ3) is 3.76. The summed E-state index contributed by atoms with van der Waals surface area (Å²) in [4.78, 5) is 30.1. The van der Waals surface area contributed by atoms with Gasteiger partial charge in [0.1, 0.15) is 6.04 Å². The highest BCUT2D eigenvalue weighted by Gasteiger charge is 2.34. The van der Waals surface area contributed by atoms with Gasteiger partial charge in [-0.25, -0.2) is 4.79 Å². The summed E-state index contributed by atoms with van der Waals surface area (Å²) in [5.41, 5.74) is 1.75. The number of rotatable bonds is 4. The maximum Gasteiger partial charge on any atom is 0.326 e. The van der Waals surface area contributed by atoms with Crippen LogP contribution in [0.25, 0.3) is 0 Å². The van der Waals surface area contributed by atoms with E-state index in [1.165, 1.54) is 4.90 Å². The molecule has 1 aromatic heterocycles. The number of hydrogen-bond donors (Lipinski definition) is 1. The molecule has 1 aliphatic rings. The molecule has 7 nitrogen and oxygen atoms in total. The van der Waals surface area contributed by atoms with Crippen molar-refractivity contribution in [1.82, 2.24) is 15.0 Å². The molecule has 3 rings (SSSR count). The lowest BCUT2D eigenvalue weighted by Gasteiger charge is -2.34. The van der Waals surface area contributed by atoms with E-state index in [4.69, 9.17) is 4.52 Å². The number of nitrogens with zero attached hydrogens (tertiary/aromatic N) is 3. The molecule has 0 aliphatic carbocycles. The number of aryl methyl sites for hydroxylation is 1. The van der Waals surface area contributed by atoms with E-state index in [0.29, 0.717) is 31.1 Å². The monoisotopic (exact) mass is 357 g/mol. The van der Waals surface area contributed by atoms with Crippen LogP contribution in [0.3, 0.4) is 0 Å². The first-order valence-electron chi connectivity index (χ1n) is 8.68. The molecule has 0 saturated heterocycles. The largest absolute Gasteiger partial charge is 0.480 e. The molecule has 1 unspecified atom stereocenters. The Balaban J connectivity index is 1.70. The van der Waals surface area contributed by atoms with Gasteiger partial charge in [0, 0.05) is 31.2 Å². The Hall–Kier alpha value is -2.70. The second-order valence-corrected chi connectivity index (χ2v) is 7.61. The van der Waals surface area contributed by atoms with E-state index < -0.39 is 12.0 Å². The quantitative estimate of drug-likeness (QED) is 0.902. The van der Waals surface area contributed by atoms with Gasteiger partial charge in [-0.15, -0.1) is 0 Å². The average molecular weight is 357 g/mol. The van der Waals surface area contributed by atoms with Gasteiger partial charge in [-0.1, -0.05) is 50.2 Å². The fourth-order valence-electron chi connectivity index (χ4n) is 3.02. The van der Waals surface area contributed by atoms with Crippen LogP contribution in [0.15, 0.2) is 28.8 Å². The summed E-state index contributed by atoms with van der Waals surface area (Å²) in [5, 5.41) is 13.5. The van der Waals surface area contributed by atoms with Crippen LogP contribution >= 0.6 is 0 Å². The van der Waals surface area contributed by atoms with E-state index in [1.54, 1.807) is 0 Å². The molecule has 0 fully saturated rings. The summed E-state index contributed by atoms with van der Waals surface area (Å²) in [6.07, 6.45) is 0.760. The fraction of sp³-hybridized carbons (Fsp3) is 0.474. The van der Waals surface area contributed by atoms with Gasteiger partial charge < -0.3 is 14.5 Å². The number of fused-ring (bicyclic) bond motifs is 1. The van der Waals surface area contributed by atoms with Gasteiger partial charge in [-0.2, -0.15) is 4.98 Å². The van der Waals surface area contributed by atoms with E-state index in [-0.39, 0.29) is 17.7 Å². The molecule has 0 radical (unpaired) electrons. The number of aliphatic carboxylic acids is 1. The zero-order valence-electron chi connectivity index (χ0n) is 15.2. The first-order valence-corrected chi connectivity index (χ1v) is 8.68. The summed E-state index contributed by atoms with van der Waals surface area (Å²) in [7, 11) is 0. The number of amides is 1. The molecule has 26 heavy (non-hydrogen) atoms. The second-order valence-electron chi connectivity index (χ2n) is 7.61. The van der Waals surface area contributed by atoms with Gasteiger partial charge in [0.25, 0.3) is 0 Å². The number of carbonyl (C=O) groups excluding carboxylic acids is 1. The minimum atomic E-state index is -0.985. The summed E-state index contributed by atoms with van der Waals surface area (Å²) in [6, 6.07) is 6.79. The number of benzene rings is 1. The fourth-order valence-corrected chi connectivity index (χ4v) is 3.02. The minimum Gasteiger partial charge on any atom is -0.480 e. The highest BCUT2D eigenvalue weighted by atomic mass is 16.5. The normalized spacial score (nSPS) is 17.0. The Morgan fingerprint density at radius 3 is 2.58 bits per heavy atom. The van der Waals surface area contributed by atoms with Crippen molar-refractivity contribution < 1.29 is 19.2 Å². The molecule has 0 saturated carbocycles. The number of aromatic nitrogens is 2. The van der Waals surface area contributed by atoms with Crippen molar-refractivity contribution in [2.24, 2.45) is 0 Å². The first kappa shape index (κ1) is 18.1. The van der Waals surface area contributed by atoms with E-state index in [0.717, 1.165) is 11.1 Å². The Bertz CT molecular complexity index is 822. The van der Waals surface area contributed by atoms with Crippen molar-refractivity contribution in [3.8, 4) is 0 Å². The van der Waals surface area contributed by atoms with Gasteiger partial charge in [0.15, 0.2) is 5.82 Å². The smallest absolute Gasteiger partial charge is 0.326 e. The molecule has 0 spiro atoms. The molecule has 2 aromatic rings. The number of carboxylic acid groups (broad SMARTS) is 1. The molecule has 0 bridgehead atoms. The lowest BCUT2D eigenvalue weighted by molar-refractivity contribution is -0.151. The van der Waals surface area contributed by atoms with Crippen molar-refractivity contribution in [2.75, 3.05) is 0 Å². The number of hydrogen-bond acceptors (Lipinski definition) is 5. The van der Waals surface area contributed by atoms with Crippen molar-refractivity contribution in [3.63, 3.8) is 0 Å². The molecule has 7 heteroatoms. The maximum absolute atomic E-state index is 12.7. The number of carbonyl (C=O) groups is 2. The van der Waals surface area contributed by atoms with E-state index in [1.807, 2.05) is 45.0 Å². The summed E-state index contributed by atoms with van der Waals surface area (Å²) in [6.45, 7) is 6.25. The minimum absolute atomic E-state index is 0.137. The topological polar surface area (TPSA) is 96.5 Å². The molecular formula is C19H23N3O4. The molecule has 1 aliphatic heterocycles. The van der Waals surface area contributed by atoms with Crippen LogP contribution in [-0.2, 0) is 34.4 Å². The van der Waals surface area contributed by atoms with Crippen LogP contribution < -0.4 is 0 Å². The molecule has 2 heterocycles. The lowest BCUT2D eigenvalue weighted by Crippen LogP contribution is -2.48. The van der Waals surface area contributed by atoms with E-state index in [2.05, 4.69) is 10.1 Å². The van der Waals surface area contributed by atoms with Gasteiger partial charge in [0.2, 0.25) is 11.8 Å². The maximum atomic E-state index is 12.7. The SMILES string of the molecule is CC(C)(C)c1noc(CCC(=O)N2Cc3ccccc3CC2C(=O)O)n1. The van der Waals surface area contributed by atoms with Crippen molar-refractivity contribution >= 4 is 11.9 Å². The van der Waals surface area contributed by atoms with Gasteiger partial charge in [-0.05, 0) is 11.1 Å². The van der Waals surface area contributed by atoms with Crippen LogP contribution in [0, 0.1) is 0 Å². The molecule has 138 valence electrons. The van der Waals surface area contributed by atoms with Crippen molar-refractivity contribution in [1.29, 1.82) is 0 Å². The third-order valence-electron chi connectivity index (χ3n) is 4.55. The number of carboxylic acids is 1. The summed E-state index contributed by atoms with van der Waals surface area (Å²) < 4.78 is 5.21. The van der Waals surface area contributed by atoms with E-state index in [9.17, 15) is 14.7 Å². The molecule has 1 N–H and O–H groups in total. The predicted octanol–water partition coefficient (Wildman–Crippen LogP) is 2.34. The molecule has 1 aromatic carbocycles. The second kappa shape index (κ2) is 6.90. The molecule has 1 amide bonds. The van der Waals surface area contributed by atoms with Crippen LogP contribution in [-0.4, -0.2) is 38.1 Å². The van der Waals surface area contributed by atoms with Crippen LogP contribution in [0.1, 0.15) is 50.0 Å².